The fourth-order valence-electron chi connectivity index (χ4n) is 7.10. The third kappa shape index (κ3) is 10.7. The van der Waals surface area contributed by atoms with Crippen molar-refractivity contribution in [1.29, 1.82) is 0 Å². The van der Waals surface area contributed by atoms with Gasteiger partial charge in [0.05, 0.1) is 25.4 Å². The van der Waals surface area contributed by atoms with E-state index in [1.54, 1.807) is 17.0 Å². The summed E-state index contributed by atoms with van der Waals surface area (Å²) in [6.45, 7) is 4.09. The van der Waals surface area contributed by atoms with E-state index in [9.17, 15) is 28.7 Å². The summed E-state index contributed by atoms with van der Waals surface area (Å²) in [5, 5.41) is 19.4. The summed E-state index contributed by atoms with van der Waals surface area (Å²) in [6.07, 6.45) is 2.63. The van der Waals surface area contributed by atoms with Gasteiger partial charge < -0.3 is 35.4 Å². The van der Waals surface area contributed by atoms with Crippen LogP contribution in [-0.2, 0) is 30.4 Å². The lowest BCUT2D eigenvalue weighted by molar-refractivity contribution is -0.130. The van der Waals surface area contributed by atoms with Crippen molar-refractivity contribution in [3.05, 3.63) is 65.5 Å². The smallest absolute Gasteiger partial charge is 0.253 e. The number of ether oxygens (including phenoxy) is 2. The van der Waals surface area contributed by atoms with Gasteiger partial charge in [-0.2, -0.15) is 0 Å². The van der Waals surface area contributed by atoms with Gasteiger partial charge in [-0.25, -0.2) is 4.39 Å². The van der Waals surface area contributed by atoms with Crippen molar-refractivity contribution in [2.75, 3.05) is 65.7 Å². The van der Waals surface area contributed by atoms with Crippen LogP contribution in [0.25, 0.3) is 0 Å². The number of hydrogen-bond donors (Lipinski definition) is 4. The Kier molecular flexibility index (Phi) is 13.0. The first-order valence-electron chi connectivity index (χ1n) is 17.2. The number of piperidine rings is 2. The second-order valence-corrected chi connectivity index (χ2v) is 13.3. The molecule has 1 spiro atoms. The first-order chi connectivity index (χ1) is 23.7. The second kappa shape index (κ2) is 17.5. The molecule has 2 aromatic rings. The zero-order valence-corrected chi connectivity index (χ0v) is 28.0. The molecule has 3 aliphatic heterocycles. The van der Waals surface area contributed by atoms with E-state index in [4.69, 9.17) is 9.47 Å². The number of para-hydroxylation sites is 1. The van der Waals surface area contributed by atoms with Crippen LogP contribution in [0.15, 0.2) is 48.5 Å². The number of halogens is 1. The number of hydrogen-bond acceptors (Lipinski definition) is 8. The predicted octanol–water partition coefficient (Wildman–Crippen LogP) is 2.21. The zero-order valence-electron chi connectivity index (χ0n) is 28.0. The lowest BCUT2D eigenvalue weighted by atomic mass is 9.80. The van der Waals surface area contributed by atoms with Crippen molar-refractivity contribution in [2.45, 2.75) is 50.6 Å². The van der Waals surface area contributed by atoms with Gasteiger partial charge >= 0.3 is 0 Å². The molecule has 3 fully saturated rings. The number of fused-ring (bicyclic) bond motifs is 1. The maximum Gasteiger partial charge on any atom is 0.253 e. The molecule has 5 rings (SSSR count). The molecule has 266 valence electrons. The fraction of sp³-hybridized carbons (Fsp3) is 0.556. The monoisotopic (exact) mass is 681 g/mol. The van der Waals surface area contributed by atoms with Crippen LogP contribution in [0.5, 0.6) is 5.75 Å². The molecule has 12 nitrogen and oxygen atoms in total. The van der Waals surface area contributed by atoms with Gasteiger partial charge in [-0.3, -0.25) is 24.1 Å². The number of nitrogens with one attached hydrogen (secondary N) is 3. The standard InChI is InChI=1S/C36H48FN5O7/c37-30-7-5-26(6-8-30)35(47)42-16-11-36(12-17-42)22-33(45)38-13-9-28-23-41(24-29-3-1-2-4-31(29)43)15-10-27(28)21-32(44)39-14-18-48-19-20-49-25-34(46)40-36/h1-8,27-28,43H,9-25H2,(H,38,45)(H,39,44)(H,40,46)/t27-,28-/m0/s1. The van der Waals surface area contributed by atoms with Crippen LogP contribution in [0.4, 0.5) is 4.39 Å². The van der Waals surface area contributed by atoms with Gasteiger partial charge in [0.15, 0.2) is 0 Å². The Morgan fingerprint density at radius 2 is 1.59 bits per heavy atom. The minimum absolute atomic E-state index is 0.0368. The lowest BCUT2D eigenvalue weighted by Gasteiger charge is -2.42. The molecule has 0 aliphatic carbocycles. The molecule has 3 saturated heterocycles. The second-order valence-electron chi connectivity index (χ2n) is 13.3. The highest BCUT2D eigenvalue weighted by atomic mass is 19.1. The molecular weight excluding hydrogens is 633 g/mol. The molecule has 0 bridgehead atoms. The molecule has 3 heterocycles. The van der Waals surface area contributed by atoms with E-state index >= 15 is 0 Å². The minimum atomic E-state index is -0.874. The first kappa shape index (κ1) is 36.2. The van der Waals surface area contributed by atoms with Crippen molar-refractivity contribution in [3.8, 4) is 5.75 Å². The Bertz CT molecular complexity index is 1430. The fourth-order valence-corrected chi connectivity index (χ4v) is 7.10. The number of rotatable bonds is 3. The van der Waals surface area contributed by atoms with Crippen LogP contribution >= 0.6 is 0 Å². The summed E-state index contributed by atoms with van der Waals surface area (Å²) in [6, 6.07) is 12.7. The number of nitrogens with zero attached hydrogens (tertiary/aromatic N) is 2. The van der Waals surface area contributed by atoms with Crippen LogP contribution < -0.4 is 16.0 Å². The van der Waals surface area contributed by atoms with E-state index in [2.05, 4.69) is 20.9 Å². The molecule has 2 aromatic carbocycles. The highest BCUT2D eigenvalue weighted by molar-refractivity contribution is 5.94. The van der Waals surface area contributed by atoms with Gasteiger partial charge in [-0.1, -0.05) is 18.2 Å². The van der Waals surface area contributed by atoms with Crippen LogP contribution in [-0.4, -0.2) is 110 Å². The summed E-state index contributed by atoms with van der Waals surface area (Å²) in [5.41, 5.74) is 0.354. The van der Waals surface area contributed by atoms with Crippen molar-refractivity contribution < 1.29 is 38.1 Å². The van der Waals surface area contributed by atoms with Crippen molar-refractivity contribution in [3.63, 3.8) is 0 Å². The molecular formula is C36H48FN5O7. The summed E-state index contributed by atoms with van der Waals surface area (Å²) < 4.78 is 24.5. The SMILES string of the molecule is O=C1C[C@@H]2CCN(Cc3ccccc3O)C[C@@H]2CCNC(=O)CC2(CCN(C(=O)c3ccc(F)cc3)CC2)NC(=O)COCCOCCN1. The first-order valence-corrected chi connectivity index (χ1v) is 17.2. The molecule has 3 aliphatic rings. The maximum absolute atomic E-state index is 13.4. The van der Waals surface area contributed by atoms with Crippen LogP contribution in [0.3, 0.4) is 0 Å². The van der Waals surface area contributed by atoms with Crippen LogP contribution in [0.1, 0.15) is 54.4 Å². The van der Waals surface area contributed by atoms with Gasteiger partial charge in [-0.15, -0.1) is 0 Å². The van der Waals surface area contributed by atoms with E-state index in [0.29, 0.717) is 70.6 Å². The van der Waals surface area contributed by atoms with Crippen LogP contribution in [0, 0.1) is 17.7 Å². The summed E-state index contributed by atoms with van der Waals surface area (Å²) in [4.78, 5) is 56.3. The molecule has 0 unspecified atom stereocenters. The number of amides is 4. The van der Waals surface area contributed by atoms with E-state index < -0.39 is 11.4 Å². The van der Waals surface area contributed by atoms with Crippen molar-refractivity contribution >= 4 is 23.6 Å². The largest absolute Gasteiger partial charge is 0.508 e. The molecule has 0 radical (unpaired) electrons. The van der Waals surface area contributed by atoms with Gasteiger partial charge in [0.1, 0.15) is 18.2 Å². The highest BCUT2D eigenvalue weighted by Crippen LogP contribution is 2.31. The Labute approximate surface area is 286 Å². The molecule has 4 N–H and O–H groups in total. The van der Waals surface area contributed by atoms with Gasteiger partial charge in [0.2, 0.25) is 17.7 Å². The van der Waals surface area contributed by atoms with E-state index in [-0.39, 0.29) is 67.5 Å². The van der Waals surface area contributed by atoms with Gasteiger partial charge in [-0.05, 0) is 74.4 Å². The minimum Gasteiger partial charge on any atom is -0.508 e. The number of aromatic hydroxyl groups is 1. The molecule has 0 saturated carbocycles. The Morgan fingerprint density at radius 3 is 2.37 bits per heavy atom. The van der Waals surface area contributed by atoms with E-state index in [1.165, 1.54) is 24.3 Å². The van der Waals surface area contributed by atoms with E-state index in [0.717, 1.165) is 25.1 Å². The predicted molar refractivity (Wildman–Crippen MR) is 179 cm³/mol. The third-order valence-corrected chi connectivity index (χ3v) is 9.82. The molecule has 49 heavy (non-hydrogen) atoms. The Hall–Kier alpha value is -4.07. The average Bonchev–Trinajstić information content (AvgIpc) is 3.08. The Morgan fingerprint density at radius 1 is 0.857 bits per heavy atom. The lowest BCUT2D eigenvalue weighted by Crippen LogP contribution is -2.58. The molecule has 4 amide bonds. The number of carbonyl (C=O) groups excluding carboxylic acids is 4. The summed E-state index contributed by atoms with van der Waals surface area (Å²) in [5.74, 6) is -0.730. The quantitative estimate of drug-likeness (QED) is 0.386. The number of likely N-dealkylation sites (tertiary alicyclic amines) is 2. The van der Waals surface area contributed by atoms with Gasteiger partial charge in [0, 0.05) is 63.2 Å². The van der Waals surface area contributed by atoms with Crippen LogP contribution in [0.2, 0.25) is 0 Å². The highest BCUT2D eigenvalue weighted by Gasteiger charge is 2.39. The summed E-state index contributed by atoms with van der Waals surface area (Å²) >= 11 is 0. The van der Waals surface area contributed by atoms with Crippen molar-refractivity contribution in [2.24, 2.45) is 11.8 Å². The topological polar surface area (TPSA) is 150 Å². The molecule has 0 aromatic heterocycles. The van der Waals surface area contributed by atoms with E-state index in [1.807, 2.05) is 12.1 Å². The number of phenols is 1. The normalized spacial score (nSPS) is 23.9. The zero-order chi connectivity index (χ0) is 34.6. The average molecular weight is 682 g/mol. The third-order valence-electron chi connectivity index (χ3n) is 9.82. The number of carbonyl (C=O) groups is 4. The maximum atomic E-state index is 13.4. The number of benzene rings is 2. The summed E-state index contributed by atoms with van der Waals surface area (Å²) in [7, 11) is 0. The molecule has 13 heteroatoms. The van der Waals surface area contributed by atoms with Crippen molar-refractivity contribution in [1.82, 2.24) is 25.8 Å². The Balaban J connectivity index is 1.24. The number of phenolic OH excluding ortho intramolecular Hbond substituents is 1. The molecule has 2 atom stereocenters. The van der Waals surface area contributed by atoms with Gasteiger partial charge in [0.25, 0.3) is 5.91 Å².